The Bertz CT molecular complexity index is 1020. The molecule has 26 heavy (non-hydrogen) atoms. The number of halogens is 1. The van der Waals surface area contributed by atoms with Gasteiger partial charge >= 0.3 is 0 Å². The van der Waals surface area contributed by atoms with E-state index >= 15 is 0 Å². The van der Waals surface area contributed by atoms with Gasteiger partial charge in [-0.05, 0) is 73.5 Å². The number of nitrogens with one attached hydrogen (secondary N) is 2. The van der Waals surface area contributed by atoms with Crippen LogP contribution < -0.4 is 10.0 Å². The molecule has 0 aliphatic rings. The Morgan fingerprint density at radius 3 is 2.19 bits per heavy atom. The number of anilines is 3. The van der Waals surface area contributed by atoms with Gasteiger partial charge < -0.3 is 5.32 Å². The summed E-state index contributed by atoms with van der Waals surface area (Å²) in [5.41, 5.74) is 3.56. The molecule has 0 radical (unpaired) electrons. The van der Waals surface area contributed by atoms with Crippen molar-refractivity contribution in [3.63, 3.8) is 0 Å². The van der Waals surface area contributed by atoms with E-state index in [1.807, 2.05) is 26.0 Å². The highest BCUT2D eigenvalue weighted by Crippen LogP contribution is 2.21. The number of hydrogen-bond acceptors (Lipinski definition) is 4. The van der Waals surface area contributed by atoms with Crippen LogP contribution >= 0.6 is 11.6 Å². The van der Waals surface area contributed by atoms with Gasteiger partial charge in [0.05, 0.1) is 16.8 Å². The first-order valence-electron chi connectivity index (χ1n) is 7.92. The molecule has 0 unspecified atom stereocenters. The lowest BCUT2D eigenvalue weighted by atomic mass is 10.1. The van der Waals surface area contributed by atoms with Gasteiger partial charge in [0.2, 0.25) is 0 Å². The quantitative estimate of drug-likeness (QED) is 0.653. The van der Waals surface area contributed by atoms with E-state index in [2.05, 4.69) is 15.0 Å². The lowest BCUT2D eigenvalue weighted by Crippen LogP contribution is -2.14. The van der Waals surface area contributed by atoms with Crippen molar-refractivity contribution >= 4 is 38.8 Å². The molecule has 0 aliphatic carbocycles. The first-order valence-corrected chi connectivity index (χ1v) is 9.78. The van der Waals surface area contributed by atoms with Crippen LogP contribution in [0.5, 0.6) is 0 Å². The fraction of sp³-hybridized carbons (Fsp3) is 0.105. The van der Waals surface area contributed by atoms with Crippen molar-refractivity contribution in [2.24, 2.45) is 0 Å². The molecule has 0 saturated heterocycles. The van der Waals surface area contributed by atoms with Gasteiger partial charge in [0, 0.05) is 10.7 Å². The van der Waals surface area contributed by atoms with Gasteiger partial charge in [-0.1, -0.05) is 17.7 Å². The van der Waals surface area contributed by atoms with Crippen molar-refractivity contribution in [3.8, 4) is 0 Å². The third kappa shape index (κ3) is 4.33. The Morgan fingerprint density at radius 2 is 1.58 bits per heavy atom. The molecule has 7 heteroatoms. The van der Waals surface area contributed by atoms with E-state index in [1.165, 1.54) is 0 Å². The highest BCUT2D eigenvalue weighted by atomic mass is 35.5. The highest BCUT2D eigenvalue weighted by Gasteiger charge is 2.15. The maximum absolute atomic E-state index is 12.5. The Morgan fingerprint density at radius 1 is 0.885 bits per heavy atom. The smallest absolute Gasteiger partial charge is 0.263 e. The van der Waals surface area contributed by atoms with Crippen LogP contribution in [0.2, 0.25) is 5.02 Å². The Balaban J connectivity index is 1.73. The molecule has 2 N–H and O–H groups in total. The second-order valence-corrected chi connectivity index (χ2v) is 8.03. The zero-order valence-corrected chi connectivity index (χ0v) is 15.9. The maximum Gasteiger partial charge on any atom is 0.263 e. The van der Waals surface area contributed by atoms with E-state index in [-0.39, 0.29) is 10.7 Å². The predicted octanol–water partition coefficient (Wildman–Crippen LogP) is 4.90. The predicted molar refractivity (Wildman–Crippen MR) is 106 cm³/mol. The lowest BCUT2D eigenvalue weighted by molar-refractivity contribution is 0.601. The number of sulfonamides is 1. The minimum atomic E-state index is -3.68. The molecule has 0 saturated carbocycles. The van der Waals surface area contributed by atoms with E-state index in [4.69, 9.17) is 11.6 Å². The average Bonchev–Trinajstić information content (AvgIpc) is 2.61. The molecular weight excluding hydrogens is 370 g/mol. The SMILES string of the molecule is Cc1ccc(S(=O)(=O)Nc2ccc(Nc3ccc(Cl)cc3)cn2)cc1C. The van der Waals surface area contributed by atoms with Crippen LogP contribution in [0.15, 0.2) is 65.7 Å². The fourth-order valence-electron chi connectivity index (χ4n) is 2.31. The summed E-state index contributed by atoms with van der Waals surface area (Å²) in [6.45, 7) is 3.82. The van der Waals surface area contributed by atoms with E-state index in [9.17, 15) is 8.42 Å². The first-order chi connectivity index (χ1) is 12.3. The lowest BCUT2D eigenvalue weighted by Gasteiger charge is -2.10. The second-order valence-electron chi connectivity index (χ2n) is 5.92. The number of nitrogens with zero attached hydrogens (tertiary/aromatic N) is 1. The minimum Gasteiger partial charge on any atom is -0.354 e. The largest absolute Gasteiger partial charge is 0.354 e. The van der Waals surface area contributed by atoms with Crippen molar-refractivity contribution in [1.82, 2.24) is 4.98 Å². The van der Waals surface area contributed by atoms with Crippen LogP contribution in [-0.4, -0.2) is 13.4 Å². The normalized spacial score (nSPS) is 11.2. The van der Waals surface area contributed by atoms with Gasteiger partial charge in [0.1, 0.15) is 5.82 Å². The van der Waals surface area contributed by atoms with E-state index in [0.29, 0.717) is 5.02 Å². The van der Waals surface area contributed by atoms with Crippen LogP contribution in [0, 0.1) is 13.8 Å². The summed E-state index contributed by atoms with van der Waals surface area (Å²) in [6, 6.07) is 15.6. The van der Waals surface area contributed by atoms with Crippen molar-refractivity contribution in [2.75, 3.05) is 10.0 Å². The minimum absolute atomic E-state index is 0.214. The monoisotopic (exact) mass is 387 g/mol. The van der Waals surface area contributed by atoms with Gasteiger partial charge in [-0.2, -0.15) is 0 Å². The molecule has 134 valence electrons. The summed E-state index contributed by atoms with van der Waals surface area (Å²) in [5.74, 6) is 0.255. The van der Waals surface area contributed by atoms with Gasteiger partial charge in [0.15, 0.2) is 0 Å². The zero-order valence-electron chi connectivity index (χ0n) is 14.3. The van der Waals surface area contributed by atoms with E-state index in [1.54, 1.807) is 48.7 Å². The molecule has 2 aromatic carbocycles. The van der Waals surface area contributed by atoms with Gasteiger partial charge in [0.25, 0.3) is 10.0 Å². The van der Waals surface area contributed by atoms with E-state index in [0.717, 1.165) is 22.5 Å². The van der Waals surface area contributed by atoms with Crippen molar-refractivity contribution in [3.05, 3.63) is 76.9 Å². The molecule has 1 aromatic heterocycles. The summed E-state index contributed by atoms with van der Waals surface area (Å²) in [5, 5.41) is 3.83. The summed E-state index contributed by atoms with van der Waals surface area (Å²) in [7, 11) is -3.68. The molecule has 0 amide bonds. The molecule has 3 aromatic rings. The van der Waals surface area contributed by atoms with Gasteiger partial charge in [-0.3, -0.25) is 4.72 Å². The first kappa shape index (κ1) is 18.2. The molecule has 5 nitrogen and oxygen atoms in total. The van der Waals surface area contributed by atoms with Crippen LogP contribution in [0.4, 0.5) is 17.2 Å². The van der Waals surface area contributed by atoms with Crippen molar-refractivity contribution in [1.29, 1.82) is 0 Å². The number of aryl methyl sites for hydroxylation is 2. The third-order valence-electron chi connectivity index (χ3n) is 3.92. The van der Waals surface area contributed by atoms with Crippen LogP contribution in [-0.2, 0) is 10.0 Å². The number of rotatable bonds is 5. The number of benzene rings is 2. The maximum atomic E-state index is 12.5. The molecule has 1 heterocycles. The zero-order chi connectivity index (χ0) is 18.7. The number of pyridine rings is 1. The topological polar surface area (TPSA) is 71.1 Å². The second kappa shape index (κ2) is 7.35. The van der Waals surface area contributed by atoms with Crippen molar-refractivity contribution < 1.29 is 8.42 Å². The molecule has 3 rings (SSSR count). The Labute approximate surface area is 158 Å². The van der Waals surface area contributed by atoms with Crippen LogP contribution in [0.3, 0.4) is 0 Å². The Hall–Kier alpha value is -2.57. The molecule has 0 aliphatic heterocycles. The summed E-state index contributed by atoms with van der Waals surface area (Å²) in [4.78, 5) is 4.38. The molecule has 0 atom stereocenters. The summed E-state index contributed by atoms with van der Waals surface area (Å²) in [6.07, 6.45) is 1.56. The standard InChI is InChI=1S/C19H18ClN3O2S/c1-13-3-9-18(11-14(13)2)26(24,25)23-19-10-8-17(12-21-19)22-16-6-4-15(20)5-7-16/h3-12,22H,1-2H3,(H,21,23). The Kier molecular flexibility index (Phi) is 5.15. The van der Waals surface area contributed by atoms with Crippen LogP contribution in [0.25, 0.3) is 0 Å². The molecule has 0 bridgehead atoms. The molecular formula is C19H18ClN3O2S. The summed E-state index contributed by atoms with van der Waals surface area (Å²) < 4.78 is 27.5. The van der Waals surface area contributed by atoms with Crippen LogP contribution in [0.1, 0.15) is 11.1 Å². The van der Waals surface area contributed by atoms with Crippen molar-refractivity contribution in [2.45, 2.75) is 18.7 Å². The van der Waals surface area contributed by atoms with Gasteiger partial charge in [-0.25, -0.2) is 13.4 Å². The third-order valence-corrected chi connectivity index (χ3v) is 5.53. The average molecular weight is 388 g/mol. The number of aromatic nitrogens is 1. The van der Waals surface area contributed by atoms with Gasteiger partial charge in [-0.15, -0.1) is 0 Å². The number of hydrogen-bond donors (Lipinski definition) is 2. The molecule has 0 fully saturated rings. The highest BCUT2D eigenvalue weighted by molar-refractivity contribution is 7.92. The summed E-state index contributed by atoms with van der Waals surface area (Å²) >= 11 is 5.86. The van der Waals surface area contributed by atoms with E-state index < -0.39 is 10.0 Å². The molecule has 0 spiro atoms. The fourth-order valence-corrected chi connectivity index (χ4v) is 3.52.